The van der Waals surface area contributed by atoms with Crippen molar-refractivity contribution in [2.45, 2.75) is 38.1 Å². The summed E-state index contributed by atoms with van der Waals surface area (Å²) in [7, 11) is 0. The van der Waals surface area contributed by atoms with E-state index < -0.39 is 5.97 Å². The van der Waals surface area contributed by atoms with Gasteiger partial charge in [0.2, 0.25) is 0 Å². The van der Waals surface area contributed by atoms with Gasteiger partial charge in [0.25, 0.3) is 0 Å². The lowest BCUT2D eigenvalue weighted by Crippen LogP contribution is -2.16. The van der Waals surface area contributed by atoms with E-state index in [1.807, 2.05) is 23.0 Å². The van der Waals surface area contributed by atoms with Gasteiger partial charge in [-0.3, -0.25) is 9.48 Å². The van der Waals surface area contributed by atoms with E-state index in [1.165, 1.54) is 12.8 Å². The molecule has 0 radical (unpaired) electrons. The summed E-state index contributed by atoms with van der Waals surface area (Å²) in [6.07, 6.45) is 6.73. The van der Waals surface area contributed by atoms with Crippen molar-refractivity contribution >= 4 is 5.97 Å². The fraction of sp³-hybridized carbons (Fsp3) is 0.444. The van der Waals surface area contributed by atoms with Crippen LogP contribution in [0.2, 0.25) is 0 Å². The standard InChI is InChI=1S/C18H20N2O4/c21-18(22)10-12-9-16-17(24-8-7-23-16)11-14(12)15-5-6-20(19-15)13-3-1-2-4-13/h5-6,9,11,13H,1-4,7-8,10H2,(H,21,22). The van der Waals surface area contributed by atoms with Crippen molar-refractivity contribution in [2.24, 2.45) is 0 Å². The van der Waals surface area contributed by atoms with Gasteiger partial charge in [-0.25, -0.2) is 0 Å². The number of nitrogens with zero attached hydrogens (tertiary/aromatic N) is 2. The smallest absolute Gasteiger partial charge is 0.307 e. The Hall–Kier alpha value is -2.50. The summed E-state index contributed by atoms with van der Waals surface area (Å²) in [5, 5.41) is 13.9. The highest BCUT2D eigenvalue weighted by Gasteiger charge is 2.21. The van der Waals surface area contributed by atoms with E-state index in [-0.39, 0.29) is 6.42 Å². The fourth-order valence-corrected chi connectivity index (χ4v) is 3.53. The van der Waals surface area contributed by atoms with Gasteiger partial charge in [-0.15, -0.1) is 0 Å². The first kappa shape index (κ1) is 15.1. The van der Waals surface area contributed by atoms with Crippen LogP contribution in [0.4, 0.5) is 0 Å². The van der Waals surface area contributed by atoms with Crippen molar-refractivity contribution in [3.63, 3.8) is 0 Å². The van der Waals surface area contributed by atoms with E-state index in [2.05, 4.69) is 0 Å². The normalized spacial score (nSPS) is 17.2. The number of carboxylic acid groups (broad SMARTS) is 1. The highest BCUT2D eigenvalue weighted by atomic mass is 16.6. The molecule has 2 aromatic rings. The first-order valence-electron chi connectivity index (χ1n) is 8.40. The number of carbonyl (C=O) groups is 1. The number of hydrogen-bond donors (Lipinski definition) is 1. The van der Waals surface area contributed by atoms with Gasteiger partial charge in [-0.05, 0) is 36.6 Å². The number of rotatable bonds is 4. The lowest BCUT2D eigenvalue weighted by atomic mass is 10.0. The molecule has 24 heavy (non-hydrogen) atoms. The van der Waals surface area contributed by atoms with Crippen molar-refractivity contribution < 1.29 is 19.4 Å². The molecule has 1 fully saturated rings. The number of fused-ring (bicyclic) bond motifs is 1. The van der Waals surface area contributed by atoms with E-state index >= 15 is 0 Å². The minimum Gasteiger partial charge on any atom is -0.486 e. The highest BCUT2D eigenvalue weighted by Crippen LogP contribution is 2.38. The number of aromatic nitrogens is 2. The molecule has 0 spiro atoms. The van der Waals surface area contributed by atoms with Crippen molar-refractivity contribution in [2.75, 3.05) is 13.2 Å². The predicted octanol–water partition coefficient (Wildman–Crippen LogP) is 3.06. The van der Waals surface area contributed by atoms with Crippen LogP contribution >= 0.6 is 0 Å². The van der Waals surface area contributed by atoms with Crippen molar-refractivity contribution in [3.8, 4) is 22.8 Å². The Morgan fingerprint density at radius 2 is 1.92 bits per heavy atom. The summed E-state index contributed by atoms with van der Waals surface area (Å²) in [6, 6.07) is 6.04. The molecule has 6 heteroatoms. The molecule has 4 rings (SSSR count). The maximum atomic E-state index is 11.2. The van der Waals surface area contributed by atoms with Crippen LogP contribution in [0.1, 0.15) is 37.3 Å². The molecule has 0 bridgehead atoms. The molecular formula is C18H20N2O4. The van der Waals surface area contributed by atoms with E-state index in [9.17, 15) is 9.90 Å². The second-order valence-corrected chi connectivity index (χ2v) is 6.34. The van der Waals surface area contributed by atoms with Gasteiger partial charge in [0.1, 0.15) is 13.2 Å². The molecule has 2 heterocycles. The summed E-state index contributed by atoms with van der Waals surface area (Å²) in [4.78, 5) is 11.2. The summed E-state index contributed by atoms with van der Waals surface area (Å²) in [6.45, 7) is 0.983. The lowest BCUT2D eigenvalue weighted by Gasteiger charge is -2.20. The van der Waals surface area contributed by atoms with Gasteiger partial charge in [0, 0.05) is 11.8 Å². The average molecular weight is 328 g/mol. The molecule has 1 aromatic carbocycles. The lowest BCUT2D eigenvalue weighted by molar-refractivity contribution is -0.136. The maximum Gasteiger partial charge on any atom is 0.307 e. The Morgan fingerprint density at radius 1 is 1.21 bits per heavy atom. The second kappa shape index (κ2) is 6.19. The minimum absolute atomic E-state index is 0.0672. The Labute approximate surface area is 140 Å². The van der Waals surface area contributed by atoms with Gasteiger partial charge >= 0.3 is 5.97 Å². The third-order valence-corrected chi connectivity index (χ3v) is 4.69. The van der Waals surface area contributed by atoms with Crippen LogP contribution in [-0.4, -0.2) is 34.1 Å². The van der Waals surface area contributed by atoms with Crippen molar-refractivity contribution in [1.29, 1.82) is 0 Å². The summed E-state index contributed by atoms with van der Waals surface area (Å²) in [5.41, 5.74) is 2.29. The molecule has 1 aliphatic carbocycles. The largest absolute Gasteiger partial charge is 0.486 e. The summed E-state index contributed by atoms with van der Waals surface area (Å²) in [5.74, 6) is 0.389. The molecule has 0 atom stereocenters. The van der Waals surface area contributed by atoms with Gasteiger partial charge in [0.05, 0.1) is 18.2 Å². The molecular weight excluding hydrogens is 308 g/mol. The summed E-state index contributed by atoms with van der Waals surface area (Å²) < 4.78 is 13.2. The molecule has 1 saturated carbocycles. The van der Waals surface area contributed by atoms with Gasteiger partial charge in [-0.2, -0.15) is 5.10 Å². The molecule has 1 N–H and O–H groups in total. The van der Waals surface area contributed by atoms with E-state index in [4.69, 9.17) is 14.6 Å². The number of carboxylic acids is 1. The SMILES string of the molecule is O=C(O)Cc1cc2c(cc1-c1ccn(C3CCCC3)n1)OCCO2. The zero-order valence-corrected chi connectivity index (χ0v) is 13.4. The zero-order valence-electron chi connectivity index (χ0n) is 13.4. The van der Waals surface area contributed by atoms with Crippen molar-refractivity contribution in [1.82, 2.24) is 9.78 Å². The van der Waals surface area contributed by atoms with Gasteiger partial charge < -0.3 is 14.6 Å². The molecule has 6 nitrogen and oxygen atoms in total. The molecule has 1 aliphatic heterocycles. The van der Waals surface area contributed by atoms with Crippen LogP contribution in [0.3, 0.4) is 0 Å². The molecule has 0 saturated heterocycles. The van der Waals surface area contributed by atoms with E-state index in [1.54, 1.807) is 6.07 Å². The monoisotopic (exact) mass is 328 g/mol. The molecule has 0 unspecified atom stereocenters. The Balaban J connectivity index is 1.73. The summed E-state index contributed by atoms with van der Waals surface area (Å²) >= 11 is 0. The molecule has 126 valence electrons. The third kappa shape index (κ3) is 2.84. The Morgan fingerprint density at radius 3 is 2.62 bits per heavy atom. The van der Waals surface area contributed by atoms with Crippen LogP contribution in [-0.2, 0) is 11.2 Å². The van der Waals surface area contributed by atoms with Crippen LogP contribution < -0.4 is 9.47 Å². The number of benzene rings is 1. The van der Waals surface area contributed by atoms with Crippen LogP contribution in [0.25, 0.3) is 11.3 Å². The first-order valence-corrected chi connectivity index (χ1v) is 8.40. The predicted molar refractivity (Wildman–Crippen MR) is 87.5 cm³/mol. The Bertz CT molecular complexity index is 762. The molecule has 1 aromatic heterocycles. The third-order valence-electron chi connectivity index (χ3n) is 4.69. The number of aliphatic carboxylic acids is 1. The fourth-order valence-electron chi connectivity index (χ4n) is 3.53. The second-order valence-electron chi connectivity index (χ2n) is 6.34. The Kier molecular flexibility index (Phi) is 3.88. The minimum atomic E-state index is -0.872. The topological polar surface area (TPSA) is 73.6 Å². The van der Waals surface area contributed by atoms with Crippen LogP contribution in [0.5, 0.6) is 11.5 Å². The zero-order chi connectivity index (χ0) is 16.5. The average Bonchev–Trinajstić information content (AvgIpc) is 3.25. The number of hydrogen-bond acceptors (Lipinski definition) is 4. The van der Waals surface area contributed by atoms with Crippen LogP contribution in [0.15, 0.2) is 24.4 Å². The molecule has 2 aliphatic rings. The quantitative estimate of drug-likeness (QED) is 0.934. The van der Waals surface area contributed by atoms with Crippen LogP contribution in [0, 0.1) is 0 Å². The molecule has 0 amide bonds. The highest BCUT2D eigenvalue weighted by molar-refractivity contribution is 5.77. The maximum absolute atomic E-state index is 11.2. The van der Waals surface area contributed by atoms with Gasteiger partial charge in [-0.1, -0.05) is 12.8 Å². The number of ether oxygens (including phenoxy) is 2. The van der Waals surface area contributed by atoms with Crippen molar-refractivity contribution in [3.05, 3.63) is 30.0 Å². The van der Waals surface area contributed by atoms with E-state index in [0.717, 1.165) is 24.1 Å². The first-order chi connectivity index (χ1) is 11.7. The van der Waals surface area contributed by atoms with E-state index in [0.29, 0.717) is 36.3 Å². The van der Waals surface area contributed by atoms with Gasteiger partial charge in [0.15, 0.2) is 11.5 Å².